The topological polar surface area (TPSA) is 114 Å². The Hall–Kier alpha value is -3.64. The molecule has 43 heavy (non-hydrogen) atoms. The van der Waals surface area contributed by atoms with Crippen molar-refractivity contribution < 1.29 is 22.7 Å². The van der Waals surface area contributed by atoms with Crippen molar-refractivity contribution in [2.75, 3.05) is 44.6 Å². The van der Waals surface area contributed by atoms with Crippen LogP contribution in [0, 0.1) is 0 Å². The number of unbranched alkanes of at least 4 members (excludes halogenated alkanes) is 1. The number of anilines is 1. The molecule has 228 valence electrons. The number of ether oxygens (including phenoxy) is 1. The fraction of sp³-hybridized carbons (Fsp3) is 0.300. The standard InChI is InChI=1S/C30H33Cl2N5O5S/c1-4-5-15-42-29(38)20-37(43(40,41)25-18-22(31)17-23(32)19-25)24-9-10-27-21(16-24)11-13-36(27)28-8-6-7-26(34-28)30(39)33-12-14-35(2)3/h6-11,13,16-19H,4-5,12,14-15,20H2,1-3H3,(H,33,39). The number of esters is 1. The summed E-state index contributed by atoms with van der Waals surface area (Å²) in [6.07, 6.45) is 3.26. The van der Waals surface area contributed by atoms with Gasteiger partial charge in [-0.25, -0.2) is 13.4 Å². The predicted molar refractivity (Wildman–Crippen MR) is 169 cm³/mol. The van der Waals surface area contributed by atoms with Gasteiger partial charge in [0.1, 0.15) is 18.1 Å². The second kappa shape index (κ2) is 14.2. The first-order valence-corrected chi connectivity index (χ1v) is 15.8. The molecule has 1 N–H and O–H groups in total. The number of likely N-dealkylation sites (N-methyl/N-ethyl adjacent to an activating group) is 1. The molecule has 0 aliphatic heterocycles. The van der Waals surface area contributed by atoms with Crippen LogP contribution in [-0.2, 0) is 19.6 Å². The quantitative estimate of drug-likeness (QED) is 0.158. The number of benzene rings is 2. The van der Waals surface area contributed by atoms with Crippen LogP contribution in [0.3, 0.4) is 0 Å². The van der Waals surface area contributed by atoms with E-state index in [1.807, 2.05) is 25.9 Å². The molecule has 0 aliphatic carbocycles. The Morgan fingerprint density at radius 3 is 2.47 bits per heavy atom. The molecule has 1 amide bonds. The van der Waals surface area contributed by atoms with E-state index >= 15 is 0 Å². The van der Waals surface area contributed by atoms with Crippen LogP contribution in [0.1, 0.15) is 30.3 Å². The lowest BCUT2D eigenvalue weighted by Crippen LogP contribution is -2.36. The van der Waals surface area contributed by atoms with Gasteiger partial charge >= 0.3 is 5.97 Å². The molecule has 0 radical (unpaired) electrons. The van der Waals surface area contributed by atoms with Crippen LogP contribution in [0.4, 0.5) is 5.69 Å². The van der Waals surface area contributed by atoms with Crippen LogP contribution >= 0.6 is 23.2 Å². The number of amides is 1. The van der Waals surface area contributed by atoms with E-state index in [4.69, 9.17) is 27.9 Å². The lowest BCUT2D eigenvalue weighted by Gasteiger charge is -2.24. The van der Waals surface area contributed by atoms with E-state index in [0.717, 1.165) is 16.2 Å². The average molecular weight is 647 g/mol. The minimum Gasteiger partial charge on any atom is -0.464 e. The highest BCUT2D eigenvalue weighted by molar-refractivity contribution is 7.92. The van der Waals surface area contributed by atoms with Crippen molar-refractivity contribution in [3.63, 3.8) is 0 Å². The zero-order valence-corrected chi connectivity index (χ0v) is 26.4. The van der Waals surface area contributed by atoms with Crippen molar-refractivity contribution in [1.82, 2.24) is 19.8 Å². The second-order valence-corrected chi connectivity index (χ2v) is 12.8. The third kappa shape index (κ3) is 8.05. The fourth-order valence-electron chi connectivity index (χ4n) is 4.27. The molecule has 0 fully saturated rings. The number of sulfonamides is 1. The number of hydrogen-bond donors (Lipinski definition) is 1. The molecular weight excluding hydrogens is 613 g/mol. The molecule has 13 heteroatoms. The molecule has 10 nitrogen and oxygen atoms in total. The number of pyridine rings is 1. The molecule has 2 aromatic carbocycles. The summed E-state index contributed by atoms with van der Waals surface area (Å²) in [5.74, 6) is -0.455. The van der Waals surface area contributed by atoms with E-state index < -0.39 is 22.5 Å². The lowest BCUT2D eigenvalue weighted by molar-refractivity contribution is -0.141. The zero-order valence-electron chi connectivity index (χ0n) is 24.1. The first-order chi connectivity index (χ1) is 20.5. The molecular formula is C30H33Cl2N5O5S. The largest absolute Gasteiger partial charge is 0.464 e. The Kier molecular flexibility index (Phi) is 10.7. The van der Waals surface area contributed by atoms with Gasteiger partial charge in [0.25, 0.3) is 15.9 Å². The molecule has 0 spiro atoms. The van der Waals surface area contributed by atoms with Crippen molar-refractivity contribution in [2.45, 2.75) is 24.7 Å². The second-order valence-electron chi connectivity index (χ2n) is 10.1. The number of carbonyl (C=O) groups is 2. The summed E-state index contributed by atoms with van der Waals surface area (Å²) in [7, 11) is -0.420. The first kappa shape index (κ1) is 32.3. The van der Waals surface area contributed by atoms with E-state index in [-0.39, 0.29) is 38.8 Å². The van der Waals surface area contributed by atoms with Gasteiger partial charge in [-0.2, -0.15) is 0 Å². The van der Waals surface area contributed by atoms with Crippen molar-refractivity contribution in [1.29, 1.82) is 0 Å². The Balaban J connectivity index is 1.68. The number of hydrogen-bond acceptors (Lipinski definition) is 7. The molecule has 0 saturated heterocycles. The van der Waals surface area contributed by atoms with E-state index in [2.05, 4.69) is 10.3 Å². The summed E-state index contributed by atoms with van der Waals surface area (Å²) < 4.78 is 35.7. The van der Waals surface area contributed by atoms with Gasteiger partial charge in [0.05, 0.1) is 22.7 Å². The number of carbonyl (C=O) groups excluding carboxylic acids is 2. The third-order valence-corrected chi connectivity index (χ3v) is 8.67. The summed E-state index contributed by atoms with van der Waals surface area (Å²) in [5, 5.41) is 3.83. The lowest BCUT2D eigenvalue weighted by atomic mass is 10.2. The van der Waals surface area contributed by atoms with Crippen LogP contribution in [0.15, 0.2) is 71.8 Å². The number of rotatable bonds is 13. The van der Waals surface area contributed by atoms with Crippen molar-refractivity contribution >= 4 is 61.7 Å². The van der Waals surface area contributed by atoms with Crippen molar-refractivity contribution in [3.8, 4) is 5.82 Å². The molecule has 0 saturated carbocycles. The van der Waals surface area contributed by atoms with Gasteiger partial charge in [0.15, 0.2) is 0 Å². The van der Waals surface area contributed by atoms with Crippen LogP contribution < -0.4 is 9.62 Å². The van der Waals surface area contributed by atoms with Gasteiger partial charge in [-0.05, 0) is 75.1 Å². The maximum atomic E-state index is 13.8. The van der Waals surface area contributed by atoms with Gasteiger partial charge in [-0.15, -0.1) is 0 Å². The Morgan fingerprint density at radius 2 is 1.77 bits per heavy atom. The molecule has 2 aromatic heterocycles. The number of fused-ring (bicyclic) bond motifs is 1. The SMILES string of the molecule is CCCCOC(=O)CN(c1ccc2c(ccn2-c2cccc(C(=O)NCCN(C)C)n2)c1)S(=O)(=O)c1cc(Cl)cc(Cl)c1. The molecule has 0 unspecified atom stereocenters. The summed E-state index contributed by atoms with van der Waals surface area (Å²) in [5.41, 5.74) is 1.24. The monoisotopic (exact) mass is 645 g/mol. The summed E-state index contributed by atoms with van der Waals surface area (Å²) >= 11 is 12.2. The van der Waals surface area contributed by atoms with Crippen LogP contribution in [0.5, 0.6) is 0 Å². The highest BCUT2D eigenvalue weighted by atomic mass is 35.5. The summed E-state index contributed by atoms with van der Waals surface area (Å²) in [6, 6.07) is 15.9. The van der Waals surface area contributed by atoms with Gasteiger partial charge in [-0.3, -0.25) is 13.9 Å². The number of nitrogens with one attached hydrogen (secondary N) is 1. The predicted octanol–water partition coefficient (Wildman–Crippen LogP) is 5.16. The zero-order chi connectivity index (χ0) is 31.1. The van der Waals surface area contributed by atoms with Gasteiger partial charge in [0, 0.05) is 34.7 Å². The minimum absolute atomic E-state index is 0.144. The smallest absolute Gasteiger partial charge is 0.326 e. The van der Waals surface area contributed by atoms with E-state index in [1.54, 1.807) is 53.2 Å². The maximum absolute atomic E-state index is 13.8. The number of halogens is 2. The number of nitrogens with zero attached hydrogens (tertiary/aromatic N) is 4. The first-order valence-electron chi connectivity index (χ1n) is 13.7. The highest BCUT2D eigenvalue weighted by Crippen LogP contribution is 2.31. The van der Waals surface area contributed by atoms with E-state index in [1.165, 1.54) is 18.2 Å². The Labute approximate surface area is 261 Å². The van der Waals surface area contributed by atoms with Gasteiger partial charge < -0.3 is 19.5 Å². The Bertz CT molecular complexity index is 1700. The third-order valence-electron chi connectivity index (χ3n) is 6.48. The molecule has 0 aliphatic rings. The van der Waals surface area contributed by atoms with Crippen LogP contribution in [0.25, 0.3) is 16.7 Å². The fourth-order valence-corrected chi connectivity index (χ4v) is 6.39. The number of aromatic nitrogens is 2. The average Bonchev–Trinajstić information content (AvgIpc) is 3.38. The van der Waals surface area contributed by atoms with Crippen LogP contribution in [-0.4, -0.2) is 75.1 Å². The van der Waals surface area contributed by atoms with Crippen molar-refractivity contribution in [3.05, 3.63) is 82.6 Å². The van der Waals surface area contributed by atoms with Crippen LogP contribution in [0.2, 0.25) is 10.0 Å². The molecule has 0 bridgehead atoms. The van der Waals surface area contributed by atoms with Gasteiger partial charge in [0.2, 0.25) is 0 Å². The van der Waals surface area contributed by atoms with Gasteiger partial charge in [-0.1, -0.05) is 42.6 Å². The van der Waals surface area contributed by atoms with E-state index in [9.17, 15) is 18.0 Å². The Morgan fingerprint density at radius 1 is 1.02 bits per heavy atom. The normalized spacial score (nSPS) is 11.6. The molecule has 4 rings (SSSR count). The molecule has 4 aromatic rings. The maximum Gasteiger partial charge on any atom is 0.326 e. The minimum atomic E-state index is -4.27. The molecule has 0 atom stereocenters. The van der Waals surface area contributed by atoms with Crippen molar-refractivity contribution in [2.24, 2.45) is 0 Å². The summed E-state index contributed by atoms with van der Waals surface area (Å²) in [4.78, 5) is 31.7. The summed E-state index contributed by atoms with van der Waals surface area (Å²) in [6.45, 7) is 2.79. The molecule has 2 heterocycles. The van der Waals surface area contributed by atoms with E-state index in [0.29, 0.717) is 30.7 Å². The highest BCUT2D eigenvalue weighted by Gasteiger charge is 2.29.